The van der Waals surface area contributed by atoms with E-state index in [-0.39, 0.29) is 16.2 Å². The second kappa shape index (κ2) is 5.53. The van der Waals surface area contributed by atoms with E-state index in [0.29, 0.717) is 5.56 Å². The fraction of sp³-hybridized carbons (Fsp3) is 0.133. The van der Waals surface area contributed by atoms with Gasteiger partial charge in [0.25, 0.3) is 5.91 Å². The number of amides is 1. The molecule has 1 N–H and O–H groups in total. The summed E-state index contributed by atoms with van der Waals surface area (Å²) in [6.45, 7) is 3.94. The van der Waals surface area contributed by atoms with Crippen molar-refractivity contribution in [1.82, 2.24) is 0 Å². The maximum absolute atomic E-state index is 13.1. The van der Waals surface area contributed by atoms with Crippen LogP contribution in [0.15, 0.2) is 40.9 Å². The van der Waals surface area contributed by atoms with Gasteiger partial charge in [-0.15, -0.1) is 0 Å². The minimum Gasteiger partial charge on any atom is -0.322 e. The van der Waals surface area contributed by atoms with Crippen molar-refractivity contribution >= 4 is 27.5 Å². The fourth-order valence-electron chi connectivity index (χ4n) is 1.72. The molecule has 0 unspecified atom stereocenters. The molecule has 0 aliphatic carbocycles. The van der Waals surface area contributed by atoms with Crippen LogP contribution in [0.4, 0.5) is 10.1 Å². The Morgan fingerprint density at radius 3 is 2.63 bits per heavy atom. The zero-order valence-corrected chi connectivity index (χ0v) is 12.2. The molecule has 2 aromatic carbocycles. The number of carbonyl (C=O) groups is 1. The van der Waals surface area contributed by atoms with Crippen LogP contribution in [0.25, 0.3) is 0 Å². The first-order valence-corrected chi connectivity index (χ1v) is 6.61. The number of hydrogen-bond acceptors (Lipinski definition) is 1. The summed E-state index contributed by atoms with van der Waals surface area (Å²) < 4.78 is 13.4. The van der Waals surface area contributed by atoms with Gasteiger partial charge >= 0.3 is 0 Å². The van der Waals surface area contributed by atoms with Crippen LogP contribution in [0.2, 0.25) is 0 Å². The van der Waals surface area contributed by atoms with Crippen LogP contribution in [0.5, 0.6) is 0 Å². The minimum atomic E-state index is -0.386. The van der Waals surface area contributed by atoms with Crippen molar-refractivity contribution in [3.63, 3.8) is 0 Å². The first-order chi connectivity index (χ1) is 8.99. The molecule has 19 heavy (non-hydrogen) atoms. The third-order valence-electron chi connectivity index (χ3n) is 3.03. The highest BCUT2D eigenvalue weighted by Crippen LogP contribution is 2.21. The van der Waals surface area contributed by atoms with Gasteiger partial charge < -0.3 is 5.32 Å². The number of halogens is 2. The van der Waals surface area contributed by atoms with Gasteiger partial charge in [-0.25, -0.2) is 4.39 Å². The quantitative estimate of drug-likeness (QED) is 0.869. The Kier molecular flexibility index (Phi) is 4.00. The van der Waals surface area contributed by atoms with Crippen LogP contribution < -0.4 is 5.32 Å². The summed E-state index contributed by atoms with van der Waals surface area (Å²) in [5.74, 6) is -0.641. The maximum Gasteiger partial charge on any atom is 0.255 e. The Morgan fingerprint density at radius 1 is 1.21 bits per heavy atom. The van der Waals surface area contributed by atoms with Gasteiger partial charge in [-0.1, -0.05) is 12.1 Å². The zero-order valence-electron chi connectivity index (χ0n) is 10.6. The van der Waals surface area contributed by atoms with Gasteiger partial charge in [0.05, 0.1) is 4.47 Å². The van der Waals surface area contributed by atoms with Crippen molar-refractivity contribution in [2.24, 2.45) is 0 Å². The van der Waals surface area contributed by atoms with Gasteiger partial charge in [0.1, 0.15) is 5.82 Å². The molecule has 0 aromatic heterocycles. The van der Waals surface area contributed by atoms with Crippen molar-refractivity contribution in [3.8, 4) is 0 Å². The lowest BCUT2D eigenvalue weighted by Crippen LogP contribution is -2.13. The van der Waals surface area contributed by atoms with Crippen LogP contribution in [-0.2, 0) is 0 Å². The van der Waals surface area contributed by atoms with Gasteiger partial charge in [0.2, 0.25) is 0 Å². The molecule has 0 bridgehead atoms. The first-order valence-electron chi connectivity index (χ1n) is 5.81. The van der Waals surface area contributed by atoms with Gasteiger partial charge in [-0.2, -0.15) is 0 Å². The Hall–Kier alpha value is -1.68. The Bertz CT molecular complexity index is 640. The molecule has 0 aliphatic rings. The number of nitrogens with one attached hydrogen (secondary N) is 1. The van der Waals surface area contributed by atoms with Gasteiger partial charge in [-0.05, 0) is 65.2 Å². The summed E-state index contributed by atoms with van der Waals surface area (Å²) in [6, 6.07) is 9.91. The van der Waals surface area contributed by atoms with Crippen molar-refractivity contribution in [2.45, 2.75) is 13.8 Å². The Balaban J connectivity index is 2.26. The van der Waals surface area contributed by atoms with Crippen molar-refractivity contribution in [3.05, 3.63) is 63.4 Å². The molecule has 0 fully saturated rings. The monoisotopic (exact) mass is 321 g/mol. The molecular formula is C15H13BrFNO. The lowest BCUT2D eigenvalue weighted by Gasteiger charge is -2.10. The highest BCUT2D eigenvalue weighted by Gasteiger charge is 2.10. The molecule has 0 heterocycles. The van der Waals surface area contributed by atoms with Crippen LogP contribution in [-0.4, -0.2) is 5.91 Å². The van der Waals surface area contributed by atoms with Gasteiger partial charge in [0.15, 0.2) is 0 Å². The van der Waals surface area contributed by atoms with E-state index >= 15 is 0 Å². The van der Waals surface area contributed by atoms with E-state index < -0.39 is 0 Å². The molecule has 0 saturated carbocycles. The standard InChI is InChI=1S/C15H13BrFNO/c1-9-4-3-5-14(10(9)2)18-15(19)11-6-7-13(17)12(16)8-11/h3-8H,1-2H3,(H,18,19). The predicted molar refractivity (Wildman–Crippen MR) is 78.0 cm³/mol. The molecule has 2 rings (SSSR count). The van der Waals surface area contributed by atoms with Crippen LogP contribution >= 0.6 is 15.9 Å². The number of rotatable bonds is 2. The average molecular weight is 322 g/mol. The third-order valence-corrected chi connectivity index (χ3v) is 3.64. The smallest absolute Gasteiger partial charge is 0.255 e. The van der Waals surface area contributed by atoms with Crippen molar-refractivity contribution in [1.29, 1.82) is 0 Å². The Morgan fingerprint density at radius 2 is 1.95 bits per heavy atom. The summed E-state index contributed by atoms with van der Waals surface area (Å²) in [5, 5.41) is 2.83. The number of anilines is 1. The number of hydrogen-bond donors (Lipinski definition) is 1. The molecule has 0 saturated heterocycles. The molecule has 1 amide bonds. The molecule has 0 aliphatic heterocycles. The summed E-state index contributed by atoms with van der Waals surface area (Å²) in [6.07, 6.45) is 0. The largest absolute Gasteiger partial charge is 0.322 e. The van der Waals surface area contributed by atoms with E-state index in [4.69, 9.17) is 0 Å². The van der Waals surface area contributed by atoms with E-state index in [1.54, 1.807) is 0 Å². The predicted octanol–water partition coefficient (Wildman–Crippen LogP) is 4.46. The van der Waals surface area contributed by atoms with E-state index in [9.17, 15) is 9.18 Å². The number of carbonyl (C=O) groups excluding carboxylic acids is 1. The lowest BCUT2D eigenvalue weighted by atomic mass is 10.1. The normalized spacial score (nSPS) is 10.3. The van der Waals surface area contributed by atoms with Crippen LogP contribution in [0, 0.1) is 19.7 Å². The SMILES string of the molecule is Cc1cccc(NC(=O)c2ccc(F)c(Br)c2)c1C. The Labute approximate surface area is 119 Å². The molecule has 4 heteroatoms. The van der Waals surface area contributed by atoms with E-state index in [1.807, 2.05) is 32.0 Å². The van der Waals surface area contributed by atoms with Gasteiger partial charge in [-0.3, -0.25) is 4.79 Å². The second-order valence-corrected chi connectivity index (χ2v) is 5.18. The molecule has 2 aromatic rings. The highest BCUT2D eigenvalue weighted by molar-refractivity contribution is 9.10. The molecule has 2 nitrogen and oxygen atoms in total. The van der Waals surface area contributed by atoms with Crippen LogP contribution in [0.1, 0.15) is 21.5 Å². The molecule has 98 valence electrons. The number of aryl methyl sites for hydroxylation is 1. The van der Waals surface area contributed by atoms with Gasteiger partial charge in [0, 0.05) is 11.3 Å². The van der Waals surface area contributed by atoms with Crippen molar-refractivity contribution < 1.29 is 9.18 Å². The highest BCUT2D eigenvalue weighted by atomic mass is 79.9. The van der Waals surface area contributed by atoms with E-state index in [0.717, 1.165) is 16.8 Å². The minimum absolute atomic E-state index is 0.255. The molecule has 0 radical (unpaired) electrons. The third kappa shape index (κ3) is 3.01. The summed E-state index contributed by atoms with van der Waals surface area (Å²) in [5.41, 5.74) is 3.31. The molecule has 0 spiro atoms. The number of benzene rings is 2. The maximum atomic E-state index is 13.1. The summed E-state index contributed by atoms with van der Waals surface area (Å²) >= 11 is 3.07. The zero-order chi connectivity index (χ0) is 14.0. The second-order valence-electron chi connectivity index (χ2n) is 4.33. The fourth-order valence-corrected chi connectivity index (χ4v) is 2.10. The molecular weight excluding hydrogens is 309 g/mol. The first kappa shape index (κ1) is 13.7. The summed E-state index contributed by atoms with van der Waals surface area (Å²) in [7, 11) is 0. The topological polar surface area (TPSA) is 29.1 Å². The average Bonchev–Trinajstić information content (AvgIpc) is 2.38. The lowest BCUT2D eigenvalue weighted by molar-refractivity contribution is 0.102. The summed E-state index contributed by atoms with van der Waals surface area (Å²) in [4.78, 5) is 12.1. The van der Waals surface area contributed by atoms with Crippen molar-refractivity contribution in [2.75, 3.05) is 5.32 Å². The van der Waals surface area contributed by atoms with Crippen LogP contribution in [0.3, 0.4) is 0 Å². The van der Waals surface area contributed by atoms with E-state index in [1.165, 1.54) is 18.2 Å². The molecule has 0 atom stereocenters. The van der Waals surface area contributed by atoms with E-state index in [2.05, 4.69) is 21.2 Å².